The molecule has 3 N–H and O–H groups in total. The van der Waals surface area contributed by atoms with Gasteiger partial charge in [0.25, 0.3) is 0 Å². The van der Waals surface area contributed by atoms with Crippen LogP contribution in [-0.4, -0.2) is 91.6 Å². The predicted molar refractivity (Wildman–Crippen MR) is 265 cm³/mol. The van der Waals surface area contributed by atoms with Crippen molar-refractivity contribution in [2.45, 2.75) is 140 Å². The zero-order chi connectivity index (χ0) is 48.4. The van der Waals surface area contributed by atoms with Crippen LogP contribution in [0.4, 0.5) is 0 Å². The van der Waals surface area contributed by atoms with E-state index < -0.39 is 34.5 Å². The third-order valence-corrected chi connectivity index (χ3v) is 15.2. The Balaban J connectivity index is 1.08. The lowest BCUT2D eigenvalue weighted by atomic mass is 9.72. The van der Waals surface area contributed by atoms with E-state index in [0.29, 0.717) is 44.3 Å². The zero-order valence-corrected chi connectivity index (χ0v) is 41.5. The summed E-state index contributed by atoms with van der Waals surface area (Å²) in [5.74, 6) is -0.0515. The van der Waals surface area contributed by atoms with E-state index >= 15 is 0 Å². The van der Waals surface area contributed by atoms with Gasteiger partial charge in [-0.3, -0.25) is 19.2 Å². The van der Waals surface area contributed by atoms with E-state index in [9.17, 15) is 28.8 Å². The Kier molecular flexibility index (Phi) is 17.5. The maximum absolute atomic E-state index is 14.3. The number of esters is 1. The van der Waals surface area contributed by atoms with Crippen LogP contribution in [0.2, 0.25) is 0 Å². The summed E-state index contributed by atoms with van der Waals surface area (Å²) >= 11 is 1.57. The molecule has 7 atom stereocenters. The first-order chi connectivity index (χ1) is 32.0. The van der Waals surface area contributed by atoms with Gasteiger partial charge in [0.1, 0.15) is 30.8 Å². The number of hydrogen-bond donors (Lipinski definition) is 3. The van der Waals surface area contributed by atoms with Crippen LogP contribution < -0.4 is 16.0 Å². The van der Waals surface area contributed by atoms with E-state index in [1.165, 1.54) is 16.7 Å². The van der Waals surface area contributed by atoms with E-state index in [1.807, 2.05) is 84.2 Å². The van der Waals surface area contributed by atoms with Crippen molar-refractivity contribution in [2.24, 2.45) is 23.2 Å². The van der Waals surface area contributed by atoms with E-state index in [4.69, 9.17) is 9.47 Å². The number of rotatable bonds is 26. The smallest absolute Gasteiger partial charge is 0.306 e. The highest BCUT2D eigenvalue weighted by molar-refractivity contribution is 7.98. The van der Waals surface area contributed by atoms with Crippen LogP contribution in [0.25, 0.3) is 11.1 Å². The normalized spacial score (nSPS) is 21.4. The fraction of sp³-hybridized carbons (Fsp3) is 0.564. The number of ketones is 1. The van der Waals surface area contributed by atoms with E-state index in [2.05, 4.69) is 52.3 Å². The molecule has 0 aliphatic heterocycles. The lowest BCUT2D eigenvalue weighted by molar-refractivity contribution is -0.148. The number of carbonyl (C=O) groups is 6. The lowest BCUT2D eigenvalue weighted by Gasteiger charge is -2.36. The zero-order valence-electron chi connectivity index (χ0n) is 40.7. The molecule has 67 heavy (non-hydrogen) atoms. The predicted octanol–water partition coefficient (Wildman–Crippen LogP) is 8.33. The number of carbonyl (C=O) groups excluding carboxylic acids is 6. The molecule has 0 saturated heterocycles. The fourth-order valence-electron chi connectivity index (χ4n) is 10.8. The van der Waals surface area contributed by atoms with Crippen molar-refractivity contribution in [1.82, 2.24) is 16.0 Å². The molecule has 0 radical (unpaired) electrons. The number of hydrogen-bond acceptors (Lipinski definition) is 10. The van der Waals surface area contributed by atoms with Gasteiger partial charge in [-0.25, -0.2) is 0 Å². The van der Waals surface area contributed by atoms with Crippen molar-refractivity contribution >= 4 is 48.4 Å². The average Bonchev–Trinajstić information content (AvgIpc) is 3.93. The standard InChI is InChI=1S/C55H73N3O8S/c1-37(2)28-54(34-60,58-51(64)47(57-36-61)23-25-67-7)32-56-48-27-39-16-8-13-22-46(39)55(30-49(48)62)29-40(55)17-14-15-24-53(33-59,35-66-52(4,5)6)38(3)26-50(63)65-31-45-43-20-11-9-18-41(43)42-19-10-12-21-44(42)45/h8-13,16,18-22,33-34,36-38,40,45,47-48,56H,14-15,17,23-32,35H2,1-7H3,(H,57,61)(H,58,64). The molecular weight excluding hydrogens is 863 g/mol. The van der Waals surface area contributed by atoms with Crippen LogP contribution in [0.3, 0.4) is 0 Å². The second-order valence-corrected chi connectivity index (χ2v) is 22.0. The van der Waals surface area contributed by atoms with E-state index in [0.717, 1.165) is 54.9 Å². The molecule has 3 aliphatic rings. The number of amides is 2. The molecule has 1 spiro atoms. The van der Waals surface area contributed by atoms with Crippen molar-refractivity contribution in [1.29, 1.82) is 0 Å². The minimum absolute atomic E-state index is 0.0486. The number of nitrogens with one attached hydrogen (secondary N) is 3. The highest BCUT2D eigenvalue weighted by Crippen LogP contribution is 2.61. The van der Waals surface area contributed by atoms with Crippen LogP contribution in [0, 0.1) is 23.2 Å². The summed E-state index contributed by atoms with van der Waals surface area (Å²) in [6.45, 7) is 12.3. The largest absolute Gasteiger partial charge is 0.465 e. The Morgan fingerprint density at radius 3 is 2.21 bits per heavy atom. The van der Waals surface area contributed by atoms with Crippen LogP contribution >= 0.6 is 11.8 Å². The fourth-order valence-corrected chi connectivity index (χ4v) is 11.3. The molecule has 0 heterocycles. The maximum Gasteiger partial charge on any atom is 0.306 e. The molecule has 3 aliphatic carbocycles. The summed E-state index contributed by atoms with van der Waals surface area (Å²) < 4.78 is 12.3. The Morgan fingerprint density at radius 2 is 1.58 bits per heavy atom. The molecule has 6 rings (SSSR count). The van der Waals surface area contributed by atoms with Gasteiger partial charge in [0.2, 0.25) is 12.3 Å². The van der Waals surface area contributed by atoms with Crippen LogP contribution in [0.1, 0.15) is 128 Å². The molecule has 11 nitrogen and oxygen atoms in total. The number of fused-ring (bicyclic) bond motifs is 5. The molecule has 2 amide bonds. The third-order valence-electron chi connectivity index (χ3n) is 14.6. The summed E-state index contributed by atoms with van der Waals surface area (Å²) in [6.07, 6.45) is 9.85. The second kappa shape index (κ2) is 22.6. The summed E-state index contributed by atoms with van der Waals surface area (Å²) in [7, 11) is 0. The Hall–Kier alpha value is -4.65. The maximum atomic E-state index is 14.3. The molecule has 12 heteroatoms. The molecule has 0 bridgehead atoms. The summed E-state index contributed by atoms with van der Waals surface area (Å²) in [5.41, 5.74) is 3.99. The molecule has 1 fully saturated rings. The molecule has 0 aromatic heterocycles. The van der Waals surface area contributed by atoms with Crippen LogP contribution in [0.5, 0.6) is 0 Å². The highest BCUT2D eigenvalue weighted by Gasteiger charge is 2.58. The van der Waals surface area contributed by atoms with Gasteiger partial charge >= 0.3 is 5.97 Å². The van der Waals surface area contributed by atoms with Gasteiger partial charge in [-0.2, -0.15) is 11.8 Å². The number of Topliss-reactive ketones (excluding diaryl/α,β-unsaturated/α-hetero) is 1. The SMILES string of the molecule is CSCCC(NC=O)C(=O)NC(C=O)(CNC1Cc2ccccc2C2(CC1=O)CC2CCCCC(C=O)(COC(C)(C)C)C(C)CC(=O)OCC1c2ccccc2-c2ccccc21)CC(C)C. The van der Waals surface area contributed by atoms with Gasteiger partial charge in [-0.15, -0.1) is 0 Å². The number of ether oxygens (including phenoxy) is 2. The van der Waals surface area contributed by atoms with Crippen molar-refractivity contribution in [3.05, 3.63) is 95.1 Å². The Labute approximate surface area is 402 Å². The van der Waals surface area contributed by atoms with Crippen molar-refractivity contribution < 1.29 is 38.2 Å². The first-order valence-electron chi connectivity index (χ1n) is 24.3. The van der Waals surface area contributed by atoms with Crippen molar-refractivity contribution in [3.63, 3.8) is 0 Å². The molecule has 3 aromatic rings. The van der Waals surface area contributed by atoms with Crippen molar-refractivity contribution in [2.75, 3.05) is 31.8 Å². The minimum Gasteiger partial charge on any atom is -0.465 e. The van der Waals surface area contributed by atoms with Gasteiger partial charge in [-0.1, -0.05) is 106 Å². The van der Waals surface area contributed by atoms with Gasteiger partial charge < -0.3 is 35.0 Å². The summed E-state index contributed by atoms with van der Waals surface area (Å²) in [4.78, 5) is 78.9. The summed E-state index contributed by atoms with van der Waals surface area (Å²) in [5, 5.41) is 9.00. The van der Waals surface area contributed by atoms with Crippen LogP contribution in [-0.2, 0) is 50.1 Å². The number of unbranched alkanes of at least 4 members (excludes halogenated alkanes) is 1. The molecule has 1 saturated carbocycles. The lowest BCUT2D eigenvalue weighted by Crippen LogP contribution is -2.62. The first kappa shape index (κ1) is 51.7. The monoisotopic (exact) mass is 936 g/mol. The third kappa shape index (κ3) is 12.5. The number of aldehydes is 2. The quantitative estimate of drug-likeness (QED) is 0.0407. The Morgan fingerprint density at radius 1 is 0.910 bits per heavy atom. The van der Waals surface area contributed by atoms with E-state index in [1.54, 1.807) is 11.8 Å². The molecular formula is C55H73N3O8S. The van der Waals surface area contributed by atoms with Gasteiger partial charge in [0.05, 0.1) is 23.7 Å². The minimum atomic E-state index is -1.28. The number of thioether (sulfide) groups is 1. The molecule has 3 aromatic carbocycles. The van der Waals surface area contributed by atoms with Crippen LogP contribution in [0.15, 0.2) is 72.8 Å². The van der Waals surface area contributed by atoms with Gasteiger partial charge in [-0.05, 0) is 122 Å². The molecule has 7 unspecified atom stereocenters. The molecule has 362 valence electrons. The van der Waals surface area contributed by atoms with Gasteiger partial charge in [0, 0.05) is 30.7 Å². The number of benzene rings is 3. The van der Waals surface area contributed by atoms with E-state index in [-0.39, 0.29) is 67.0 Å². The topological polar surface area (TPSA) is 157 Å². The first-order valence-corrected chi connectivity index (χ1v) is 25.7. The second-order valence-electron chi connectivity index (χ2n) is 21.0. The van der Waals surface area contributed by atoms with Gasteiger partial charge in [0.15, 0.2) is 5.78 Å². The average molecular weight is 936 g/mol. The van der Waals surface area contributed by atoms with Crippen molar-refractivity contribution in [3.8, 4) is 11.1 Å². The Bertz CT molecular complexity index is 2180. The summed E-state index contributed by atoms with van der Waals surface area (Å²) in [6, 6.07) is 23.5. The highest BCUT2D eigenvalue weighted by atomic mass is 32.2.